The number of benzene rings is 2. The van der Waals surface area contributed by atoms with Crippen LogP contribution in [0.15, 0.2) is 36.4 Å². The summed E-state index contributed by atoms with van der Waals surface area (Å²) in [6.07, 6.45) is 0. The molecule has 1 heterocycles. The number of anilines is 1. The van der Waals surface area contributed by atoms with Crippen molar-refractivity contribution >= 4 is 28.9 Å². The molecule has 0 unspecified atom stereocenters. The zero-order valence-corrected chi connectivity index (χ0v) is 11.9. The zero-order chi connectivity index (χ0) is 13.4. The van der Waals surface area contributed by atoms with E-state index in [2.05, 4.69) is 29.2 Å². The molecule has 2 nitrogen and oxygen atoms in total. The Kier molecular flexibility index (Phi) is 3.40. The molecule has 0 fully saturated rings. The molecule has 4 heteroatoms. The van der Waals surface area contributed by atoms with Gasteiger partial charge in [0.25, 0.3) is 0 Å². The largest absolute Gasteiger partial charge is 0.396 e. The molecule has 1 aliphatic rings. The van der Waals surface area contributed by atoms with Gasteiger partial charge in [0.1, 0.15) is 0 Å². The lowest BCUT2D eigenvalue weighted by molar-refractivity contribution is 0.275. The van der Waals surface area contributed by atoms with Crippen LogP contribution in [-0.4, -0.2) is 4.90 Å². The third kappa shape index (κ3) is 2.57. The summed E-state index contributed by atoms with van der Waals surface area (Å²) in [6, 6.07) is 12.3. The summed E-state index contributed by atoms with van der Waals surface area (Å²) in [6.45, 7) is 2.76. The first-order valence-corrected chi connectivity index (χ1v) is 6.91. The monoisotopic (exact) mass is 292 g/mol. The average molecular weight is 293 g/mol. The van der Waals surface area contributed by atoms with E-state index in [1.807, 2.05) is 12.1 Å². The van der Waals surface area contributed by atoms with Gasteiger partial charge in [0.2, 0.25) is 0 Å². The Morgan fingerprint density at radius 2 is 1.53 bits per heavy atom. The number of nitrogens with zero attached hydrogens (tertiary/aromatic N) is 1. The van der Waals surface area contributed by atoms with Crippen molar-refractivity contribution < 1.29 is 0 Å². The van der Waals surface area contributed by atoms with E-state index in [4.69, 9.17) is 28.9 Å². The highest BCUT2D eigenvalue weighted by molar-refractivity contribution is 6.38. The summed E-state index contributed by atoms with van der Waals surface area (Å²) < 4.78 is 0. The molecule has 1 aliphatic heterocycles. The van der Waals surface area contributed by atoms with Gasteiger partial charge in [-0.2, -0.15) is 0 Å². The average Bonchev–Trinajstić information content (AvgIpc) is 2.78. The van der Waals surface area contributed by atoms with Crippen LogP contribution in [0.5, 0.6) is 0 Å². The molecule has 0 aliphatic carbocycles. The maximum absolute atomic E-state index is 6.07. The van der Waals surface area contributed by atoms with E-state index in [0.717, 1.165) is 25.2 Å². The highest BCUT2D eigenvalue weighted by Crippen LogP contribution is 2.31. The van der Waals surface area contributed by atoms with Crippen LogP contribution in [0, 0.1) is 0 Å². The van der Waals surface area contributed by atoms with Gasteiger partial charge in [-0.15, -0.1) is 0 Å². The van der Waals surface area contributed by atoms with Gasteiger partial charge in [0.15, 0.2) is 0 Å². The Hall–Kier alpha value is -1.22. The SMILES string of the molecule is Nc1c(Cl)cc(CN2Cc3ccccc3C2)cc1Cl. The van der Waals surface area contributed by atoms with Crippen LogP contribution in [0.1, 0.15) is 16.7 Å². The Labute approximate surface area is 122 Å². The molecule has 0 bridgehead atoms. The lowest BCUT2D eigenvalue weighted by Gasteiger charge is -2.16. The summed E-state index contributed by atoms with van der Waals surface area (Å²) in [7, 11) is 0. The number of halogens is 2. The maximum Gasteiger partial charge on any atom is 0.0693 e. The fourth-order valence-electron chi connectivity index (χ4n) is 2.50. The minimum absolute atomic E-state index is 0.455. The molecule has 0 atom stereocenters. The quantitative estimate of drug-likeness (QED) is 0.845. The van der Waals surface area contributed by atoms with E-state index >= 15 is 0 Å². The molecular formula is C15H14Cl2N2. The van der Waals surface area contributed by atoms with Crippen molar-refractivity contribution in [1.82, 2.24) is 4.90 Å². The molecule has 0 aromatic heterocycles. The van der Waals surface area contributed by atoms with Gasteiger partial charge in [0, 0.05) is 19.6 Å². The summed E-state index contributed by atoms with van der Waals surface area (Å²) in [5.74, 6) is 0. The molecule has 0 amide bonds. The summed E-state index contributed by atoms with van der Waals surface area (Å²) >= 11 is 12.1. The van der Waals surface area contributed by atoms with Crippen molar-refractivity contribution in [2.75, 3.05) is 5.73 Å². The number of nitrogen functional groups attached to an aromatic ring is 1. The van der Waals surface area contributed by atoms with E-state index < -0.39 is 0 Å². The van der Waals surface area contributed by atoms with Gasteiger partial charge in [-0.25, -0.2) is 0 Å². The van der Waals surface area contributed by atoms with E-state index in [1.54, 1.807) is 0 Å². The number of hydrogen-bond acceptors (Lipinski definition) is 2. The lowest BCUT2D eigenvalue weighted by atomic mass is 10.1. The second kappa shape index (κ2) is 5.04. The molecule has 2 N–H and O–H groups in total. The van der Waals surface area contributed by atoms with Crippen LogP contribution < -0.4 is 5.73 Å². The molecule has 3 rings (SSSR count). The van der Waals surface area contributed by atoms with Gasteiger partial charge >= 0.3 is 0 Å². The fraction of sp³-hybridized carbons (Fsp3) is 0.200. The van der Waals surface area contributed by atoms with Crippen molar-refractivity contribution in [3.63, 3.8) is 0 Å². The first-order valence-electron chi connectivity index (χ1n) is 6.16. The number of fused-ring (bicyclic) bond motifs is 1. The second-order valence-corrected chi connectivity index (χ2v) is 5.70. The first-order chi connectivity index (χ1) is 9.13. The topological polar surface area (TPSA) is 29.3 Å². The van der Waals surface area contributed by atoms with Crippen molar-refractivity contribution in [1.29, 1.82) is 0 Å². The normalized spacial score (nSPS) is 14.6. The Morgan fingerprint density at radius 3 is 2.05 bits per heavy atom. The van der Waals surface area contributed by atoms with Gasteiger partial charge in [-0.3, -0.25) is 4.90 Å². The number of rotatable bonds is 2. The van der Waals surface area contributed by atoms with Crippen molar-refractivity contribution in [2.45, 2.75) is 19.6 Å². The maximum atomic E-state index is 6.07. The molecular weight excluding hydrogens is 279 g/mol. The van der Waals surface area contributed by atoms with Crippen molar-refractivity contribution in [3.05, 3.63) is 63.1 Å². The summed E-state index contributed by atoms with van der Waals surface area (Å²) in [5.41, 5.74) is 10.1. The molecule has 0 saturated carbocycles. The first kappa shape index (κ1) is 12.8. The second-order valence-electron chi connectivity index (χ2n) is 4.89. The molecule has 0 radical (unpaired) electrons. The third-order valence-corrected chi connectivity index (χ3v) is 4.08. The minimum atomic E-state index is 0.455. The van der Waals surface area contributed by atoms with E-state index in [9.17, 15) is 0 Å². The van der Waals surface area contributed by atoms with E-state index in [0.29, 0.717) is 15.7 Å². The predicted octanol–water partition coefficient (Wildman–Crippen LogP) is 4.09. The van der Waals surface area contributed by atoms with Gasteiger partial charge in [-0.05, 0) is 28.8 Å². The molecule has 0 spiro atoms. The van der Waals surface area contributed by atoms with Crippen molar-refractivity contribution in [3.8, 4) is 0 Å². The highest BCUT2D eigenvalue weighted by Gasteiger charge is 2.18. The highest BCUT2D eigenvalue weighted by atomic mass is 35.5. The van der Waals surface area contributed by atoms with Crippen LogP contribution in [-0.2, 0) is 19.6 Å². The molecule has 0 saturated heterocycles. The van der Waals surface area contributed by atoms with Crippen LogP contribution in [0.3, 0.4) is 0 Å². The fourth-order valence-corrected chi connectivity index (χ4v) is 3.03. The smallest absolute Gasteiger partial charge is 0.0693 e. The molecule has 2 aromatic rings. The minimum Gasteiger partial charge on any atom is -0.396 e. The standard InChI is InChI=1S/C15H14Cl2N2/c16-13-5-10(6-14(17)15(13)18)7-19-8-11-3-1-2-4-12(11)9-19/h1-6H,7-9,18H2. The van der Waals surface area contributed by atoms with E-state index in [-0.39, 0.29) is 0 Å². The molecule has 98 valence electrons. The van der Waals surface area contributed by atoms with Crippen LogP contribution in [0.25, 0.3) is 0 Å². The lowest BCUT2D eigenvalue weighted by Crippen LogP contribution is -2.15. The molecule has 19 heavy (non-hydrogen) atoms. The van der Waals surface area contributed by atoms with Gasteiger partial charge < -0.3 is 5.73 Å². The van der Waals surface area contributed by atoms with Crippen LogP contribution in [0.2, 0.25) is 10.0 Å². The Morgan fingerprint density at radius 1 is 1.00 bits per heavy atom. The molecule has 2 aromatic carbocycles. The van der Waals surface area contributed by atoms with Crippen LogP contribution in [0.4, 0.5) is 5.69 Å². The van der Waals surface area contributed by atoms with Gasteiger partial charge in [-0.1, -0.05) is 47.5 Å². The van der Waals surface area contributed by atoms with Crippen molar-refractivity contribution in [2.24, 2.45) is 0 Å². The predicted molar refractivity (Wildman–Crippen MR) is 80.3 cm³/mol. The van der Waals surface area contributed by atoms with E-state index in [1.165, 1.54) is 11.1 Å². The Bertz CT molecular complexity index is 577. The third-order valence-electron chi connectivity index (χ3n) is 3.45. The number of nitrogens with two attached hydrogens (primary N) is 1. The summed E-state index contributed by atoms with van der Waals surface area (Å²) in [4.78, 5) is 2.36. The zero-order valence-electron chi connectivity index (χ0n) is 10.4. The Balaban J connectivity index is 1.78. The number of hydrogen-bond donors (Lipinski definition) is 1. The van der Waals surface area contributed by atoms with Crippen LogP contribution >= 0.6 is 23.2 Å². The summed E-state index contributed by atoms with van der Waals surface area (Å²) in [5, 5.41) is 1.05. The van der Waals surface area contributed by atoms with Gasteiger partial charge in [0.05, 0.1) is 15.7 Å².